The second-order valence-electron chi connectivity index (χ2n) is 6.57. The number of hydrogen-bond donors (Lipinski definition) is 1. The third kappa shape index (κ3) is 5.18. The molecule has 0 radical (unpaired) electrons. The van der Waals surface area contributed by atoms with Gasteiger partial charge in [0.15, 0.2) is 0 Å². The van der Waals surface area contributed by atoms with Crippen LogP contribution in [0.15, 0.2) is 23.1 Å². The fraction of sp³-hybridized carbons (Fsp3) is 0.667. The minimum atomic E-state index is -0.541. The summed E-state index contributed by atoms with van der Waals surface area (Å²) in [5.41, 5.74) is 0.546. The molecular formula is C18H28N2O4. The molecule has 1 aliphatic heterocycles. The van der Waals surface area contributed by atoms with E-state index in [2.05, 4.69) is 5.32 Å². The number of nitrogens with one attached hydrogen (secondary N) is 1. The summed E-state index contributed by atoms with van der Waals surface area (Å²) in [6.07, 6.45) is 4.11. The van der Waals surface area contributed by atoms with Crippen molar-refractivity contribution in [3.63, 3.8) is 0 Å². The number of rotatable bonds is 8. The predicted octanol–water partition coefficient (Wildman–Crippen LogP) is 2.42. The highest BCUT2D eigenvalue weighted by Gasteiger charge is 2.26. The molecule has 2 rings (SSSR count). The summed E-state index contributed by atoms with van der Waals surface area (Å²) in [5.74, 6) is -0.141. The number of hydrogen-bond acceptors (Lipinski definition) is 4. The van der Waals surface area contributed by atoms with Crippen molar-refractivity contribution in [2.75, 3.05) is 18.5 Å². The van der Waals surface area contributed by atoms with Crippen molar-refractivity contribution in [1.82, 2.24) is 4.57 Å². The van der Waals surface area contributed by atoms with Crippen LogP contribution in [0.3, 0.4) is 0 Å². The van der Waals surface area contributed by atoms with Crippen LogP contribution in [-0.4, -0.2) is 35.9 Å². The normalized spacial score (nSPS) is 18.8. The quantitative estimate of drug-likeness (QED) is 0.791. The zero-order chi connectivity index (χ0) is 17.5. The Hall–Kier alpha value is -1.66. The molecule has 1 saturated heterocycles. The lowest BCUT2D eigenvalue weighted by atomic mass is 10.1. The van der Waals surface area contributed by atoms with Crippen LogP contribution in [0.1, 0.15) is 40.0 Å². The lowest BCUT2D eigenvalue weighted by Crippen LogP contribution is -2.37. The first-order valence-corrected chi connectivity index (χ1v) is 8.75. The molecule has 6 nitrogen and oxygen atoms in total. The van der Waals surface area contributed by atoms with Gasteiger partial charge in [0, 0.05) is 25.4 Å². The Morgan fingerprint density at radius 3 is 2.88 bits per heavy atom. The van der Waals surface area contributed by atoms with Gasteiger partial charge in [-0.15, -0.1) is 0 Å². The first-order chi connectivity index (χ1) is 11.5. The van der Waals surface area contributed by atoms with Crippen molar-refractivity contribution >= 4 is 11.6 Å². The van der Waals surface area contributed by atoms with E-state index >= 15 is 0 Å². The van der Waals surface area contributed by atoms with Crippen LogP contribution in [-0.2, 0) is 20.8 Å². The number of carbonyl (C=O) groups is 1. The molecule has 0 spiro atoms. The maximum absolute atomic E-state index is 12.5. The Morgan fingerprint density at radius 2 is 2.25 bits per heavy atom. The molecule has 0 aliphatic carbocycles. The summed E-state index contributed by atoms with van der Waals surface area (Å²) >= 11 is 0. The lowest BCUT2D eigenvalue weighted by molar-refractivity contribution is -0.132. The van der Waals surface area contributed by atoms with Gasteiger partial charge in [0.2, 0.25) is 0 Å². The molecule has 1 fully saturated rings. The summed E-state index contributed by atoms with van der Waals surface area (Å²) in [6.45, 7) is 7.75. The Morgan fingerprint density at radius 1 is 1.46 bits per heavy atom. The number of ether oxygens (including phenoxy) is 2. The topological polar surface area (TPSA) is 69.6 Å². The fourth-order valence-corrected chi connectivity index (χ4v) is 2.79. The van der Waals surface area contributed by atoms with Crippen molar-refractivity contribution < 1.29 is 14.3 Å². The van der Waals surface area contributed by atoms with Crippen molar-refractivity contribution in [1.29, 1.82) is 0 Å². The maximum atomic E-state index is 12.5. The van der Waals surface area contributed by atoms with Gasteiger partial charge in [0.05, 0.1) is 18.4 Å². The lowest BCUT2D eigenvalue weighted by Gasteiger charge is -2.22. The highest BCUT2D eigenvalue weighted by molar-refractivity contribution is 5.94. The predicted molar refractivity (Wildman–Crippen MR) is 93.2 cm³/mol. The van der Waals surface area contributed by atoms with Gasteiger partial charge in [-0.05, 0) is 31.2 Å². The van der Waals surface area contributed by atoms with Crippen LogP contribution < -0.4 is 10.9 Å². The van der Waals surface area contributed by atoms with E-state index in [1.165, 1.54) is 6.07 Å². The van der Waals surface area contributed by atoms with E-state index in [-0.39, 0.29) is 23.5 Å². The van der Waals surface area contributed by atoms with Gasteiger partial charge in [-0.3, -0.25) is 9.59 Å². The van der Waals surface area contributed by atoms with E-state index in [1.54, 1.807) is 16.8 Å². The van der Waals surface area contributed by atoms with Crippen LogP contribution in [0.4, 0.5) is 5.69 Å². The second kappa shape index (κ2) is 8.99. The van der Waals surface area contributed by atoms with Crippen LogP contribution >= 0.6 is 0 Å². The number of anilines is 1. The van der Waals surface area contributed by atoms with Crippen molar-refractivity contribution in [2.24, 2.45) is 5.92 Å². The molecule has 0 unspecified atom stereocenters. The van der Waals surface area contributed by atoms with Crippen LogP contribution in [0, 0.1) is 5.92 Å². The summed E-state index contributed by atoms with van der Waals surface area (Å²) in [7, 11) is 0. The number of amides is 1. The third-order valence-corrected chi connectivity index (χ3v) is 4.07. The van der Waals surface area contributed by atoms with Gasteiger partial charge in [-0.1, -0.05) is 20.8 Å². The van der Waals surface area contributed by atoms with Crippen LogP contribution in [0.25, 0.3) is 0 Å². The monoisotopic (exact) mass is 336 g/mol. The van der Waals surface area contributed by atoms with Gasteiger partial charge < -0.3 is 19.4 Å². The van der Waals surface area contributed by atoms with Crippen molar-refractivity contribution in [3.05, 3.63) is 28.7 Å². The average molecular weight is 336 g/mol. The molecule has 6 heteroatoms. The highest BCUT2D eigenvalue weighted by atomic mass is 16.5. The van der Waals surface area contributed by atoms with Gasteiger partial charge >= 0.3 is 0 Å². The summed E-state index contributed by atoms with van der Waals surface area (Å²) in [5, 5.41) is 2.86. The van der Waals surface area contributed by atoms with Crippen molar-refractivity contribution in [2.45, 2.75) is 58.8 Å². The van der Waals surface area contributed by atoms with Crippen LogP contribution in [0.5, 0.6) is 0 Å². The Labute approximate surface area is 143 Å². The van der Waals surface area contributed by atoms with E-state index < -0.39 is 6.10 Å². The third-order valence-electron chi connectivity index (χ3n) is 4.07. The van der Waals surface area contributed by atoms with E-state index in [0.717, 1.165) is 25.9 Å². The molecule has 1 aromatic rings. The molecule has 1 amide bonds. The number of pyridine rings is 1. The van der Waals surface area contributed by atoms with Crippen molar-refractivity contribution in [3.8, 4) is 0 Å². The van der Waals surface area contributed by atoms with E-state index in [1.807, 2.05) is 20.8 Å². The average Bonchev–Trinajstić information content (AvgIpc) is 3.04. The Bertz CT molecular complexity index is 591. The maximum Gasteiger partial charge on any atom is 0.253 e. The number of carbonyl (C=O) groups excluding carboxylic acids is 1. The molecule has 0 bridgehead atoms. The molecule has 0 saturated carbocycles. The Balaban J connectivity index is 1.98. The Kier molecular flexibility index (Phi) is 6.99. The molecule has 1 aromatic heterocycles. The van der Waals surface area contributed by atoms with Gasteiger partial charge in [0.25, 0.3) is 11.5 Å². The summed E-state index contributed by atoms with van der Waals surface area (Å²) in [4.78, 5) is 24.3. The largest absolute Gasteiger partial charge is 0.376 e. The molecule has 1 aliphatic rings. The molecular weight excluding hydrogens is 308 g/mol. The summed E-state index contributed by atoms with van der Waals surface area (Å²) in [6, 6.07) is 3.10. The highest BCUT2D eigenvalue weighted by Crippen LogP contribution is 2.16. The number of aromatic nitrogens is 1. The molecule has 2 atom stereocenters. The minimum absolute atomic E-state index is 0.0490. The zero-order valence-electron chi connectivity index (χ0n) is 14.8. The second-order valence-corrected chi connectivity index (χ2v) is 6.57. The zero-order valence-corrected chi connectivity index (χ0v) is 14.8. The fourth-order valence-electron chi connectivity index (χ4n) is 2.79. The first kappa shape index (κ1) is 18.7. The van der Waals surface area contributed by atoms with Gasteiger partial charge in [0.1, 0.15) is 6.10 Å². The van der Waals surface area contributed by atoms with Crippen LogP contribution in [0.2, 0.25) is 0 Å². The first-order valence-electron chi connectivity index (χ1n) is 8.75. The number of nitrogens with zero attached hydrogens (tertiary/aromatic N) is 1. The van der Waals surface area contributed by atoms with Gasteiger partial charge in [-0.25, -0.2) is 0 Å². The molecule has 2 heterocycles. The molecule has 134 valence electrons. The molecule has 24 heavy (non-hydrogen) atoms. The number of aryl methyl sites for hydroxylation is 1. The van der Waals surface area contributed by atoms with E-state index in [9.17, 15) is 9.59 Å². The summed E-state index contributed by atoms with van der Waals surface area (Å²) < 4.78 is 13.0. The van der Waals surface area contributed by atoms with Gasteiger partial charge in [-0.2, -0.15) is 0 Å². The SMILES string of the molecule is CCCn1cc(NC(=O)[C@H](OC[C@H]2CCCO2)C(C)C)ccc1=O. The van der Waals surface area contributed by atoms with E-state index in [4.69, 9.17) is 9.47 Å². The smallest absolute Gasteiger partial charge is 0.253 e. The molecule has 1 N–H and O–H groups in total. The minimum Gasteiger partial charge on any atom is -0.376 e. The molecule has 0 aromatic carbocycles. The van der Waals surface area contributed by atoms with E-state index in [0.29, 0.717) is 18.8 Å². The standard InChI is InChI=1S/C18H28N2O4/c1-4-9-20-11-14(7-8-16(20)21)19-18(22)17(13(2)3)24-12-15-6-5-10-23-15/h7-8,11,13,15,17H,4-6,9-10,12H2,1-3H3,(H,19,22)/t15-,17-/m1/s1.